The van der Waals surface area contributed by atoms with E-state index in [4.69, 9.17) is 4.42 Å². The Morgan fingerprint density at radius 2 is 1.95 bits per heavy atom. The Bertz CT molecular complexity index is 536. The molecule has 4 heteroatoms. The zero-order chi connectivity index (χ0) is 14.5. The molecule has 0 saturated carbocycles. The second kappa shape index (κ2) is 7.07. The summed E-state index contributed by atoms with van der Waals surface area (Å²) in [6, 6.07) is 10.1. The van der Waals surface area contributed by atoms with E-state index >= 15 is 0 Å². The molecule has 0 fully saturated rings. The number of hydrogen-bond acceptors (Lipinski definition) is 3. The van der Waals surface area contributed by atoms with E-state index in [0.717, 1.165) is 22.2 Å². The first kappa shape index (κ1) is 15.3. The van der Waals surface area contributed by atoms with E-state index in [2.05, 4.69) is 52.4 Å². The van der Waals surface area contributed by atoms with Crippen molar-refractivity contribution in [3.63, 3.8) is 0 Å². The lowest BCUT2D eigenvalue weighted by Crippen LogP contribution is -2.27. The van der Waals surface area contributed by atoms with Crippen molar-refractivity contribution >= 4 is 15.9 Å². The molecule has 2 atom stereocenters. The summed E-state index contributed by atoms with van der Waals surface area (Å²) in [6.07, 6.45) is 2.68. The smallest absolute Gasteiger partial charge is 0.134 e. The average molecular weight is 338 g/mol. The van der Waals surface area contributed by atoms with Gasteiger partial charge in [-0.25, -0.2) is 0 Å². The summed E-state index contributed by atoms with van der Waals surface area (Å²) in [5.41, 5.74) is 2.38. The molecule has 2 N–H and O–H groups in total. The van der Waals surface area contributed by atoms with E-state index in [1.807, 2.05) is 13.0 Å². The van der Waals surface area contributed by atoms with Crippen molar-refractivity contribution in [3.05, 3.63) is 58.0 Å². The molecule has 108 valence electrons. The van der Waals surface area contributed by atoms with Gasteiger partial charge in [0, 0.05) is 0 Å². The summed E-state index contributed by atoms with van der Waals surface area (Å²) >= 11 is 3.46. The normalized spacial score (nSPS) is 14.2. The molecule has 2 rings (SSSR count). The van der Waals surface area contributed by atoms with Gasteiger partial charge in [0.2, 0.25) is 0 Å². The minimum atomic E-state index is -0.104. The molecule has 1 heterocycles. The molecule has 1 aromatic heterocycles. The summed E-state index contributed by atoms with van der Waals surface area (Å²) in [4.78, 5) is 0. The standard InChI is InChI=1S/C16H20BrNO2/c1-3-12-4-6-13(7-5-12)15(10-19)18-11(2)16-14(17)8-9-20-16/h4-9,11,15,18-19H,3,10H2,1-2H3. The highest BCUT2D eigenvalue weighted by Crippen LogP contribution is 2.26. The van der Waals surface area contributed by atoms with E-state index in [1.165, 1.54) is 5.56 Å². The third kappa shape index (κ3) is 3.51. The number of halogens is 1. The fourth-order valence-corrected chi connectivity index (χ4v) is 2.78. The fourth-order valence-electron chi connectivity index (χ4n) is 2.23. The fraction of sp³-hybridized carbons (Fsp3) is 0.375. The molecule has 0 radical (unpaired) electrons. The highest BCUT2D eigenvalue weighted by molar-refractivity contribution is 9.10. The van der Waals surface area contributed by atoms with Gasteiger partial charge in [-0.3, -0.25) is 5.32 Å². The zero-order valence-electron chi connectivity index (χ0n) is 11.8. The lowest BCUT2D eigenvalue weighted by Gasteiger charge is -2.21. The van der Waals surface area contributed by atoms with Crippen LogP contribution in [-0.4, -0.2) is 11.7 Å². The zero-order valence-corrected chi connectivity index (χ0v) is 13.4. The predicted molar refractivity (Wildman–Crippen MR) is 83.6 cm³/mol. The van der Waals surface area contributed by atoms with Crippen LogP contribution < -0.4 is 5.32 Å². The minimum absolute atomic E-state index is 0.0161. The molecule has 0 spiro atoms. The van der Waals surface area contributed by atoms with Gasteiger partial charge in [0.1, 0.15) is 5.76 Å². The highest BCUT2D eigenvalue weighted by atomic mass is 79.9. The molecule has 0 saturated heterocycles. The van der Waals surface area contributed by atoms with E-state index < -0.39 is 0 Å². The maximum atomic E-state index is 9.62. The van der Waals surface area contributed by atoms with Crippen LogP contribution in [0.4, 0.5) is 0 Å². The predicted octanol–water partition coefficient (Wildman–Crippen LogP) is 3.99. The third-order valence-corrected chi connectivity index (χ3v) is 4.12. The van der Waals surface area contributed by atoms with Crippen LogP contribution in [0, 0.1) is 0 Å². The number of aryl methyl sites for hydroxylation is 1. The van der Waals surface area contributed by atoms with Gasteiger partial charge < -0.3 is 9.52 Å². The van der Waals surface area contributed by atoms with Gasteiger partial charge in [0.15, 0.2) is 0 Å². The number of hydrogen-bond donors (Lipinski definition) is 2. The van der Waals surface area contributed by atoms with Gasteiger partial charge >= 0.3 is 0 Å². The van der Waals surface area contributed by atoms with Crippen molar-refractivity contribution in [1.82, 2.24) is 5.32 Å². The first-order valence-corrected chi connectivity index (χ1v) is 7.63. The van der Waals surface area contributed by atoms with Crippen LogP contribution in [0.15, 0.2) is 45.5 Å². The Hall–Kier alpha value is -1.10. The van der Waals surface area contributed by atoms with E-state index in [0.29, 0.717) is 0 Å². The molecule has 20 heavy (non-hydrogen) atoms. The first-order valence-electron chi connectivity index (χ1n) is 6.84. The van der Waals surface area contributed by atoms with Crippen LogP contribution in [0.3, 0.4) is 0 Å². The molecular formula is C16H20BrNO2. The maximum absolute atomic E-state index is 9.62. The van der Waals surface area contributed by atoms with Crippen LogP contribution in [0.1, 0.15) is 42.8 Å². The average Bonchev–Trinajstić information content (AvgIpc) is 2.91. The topological polar surface area (TPSA) is 45.4 Å². The number of aliphatic hydroxyl groups is 1. The van der Waals surface area contributed by atoms with Gasteiger partial charge in [-0.1, -0.05) is 31.2 Å². The molecule has 1 aromatic carbocycles. The summed E-state index contributed by atoms with van der Waals surface area (Å²) in [5, 5.41) is 13.0. The van der Waals surface area contributed by atoms with Crippen molar-refractivity contribution in [2.75, 3.05) is 6.61 Å². The molecule has 2 aromatic rings. The number of aliphatic hydroxyl groups excluding tert-OH is 1. The van der Waals surface area contributed by atoms with Crippen LogP contribution in [0.2, 0.25) is 0 Å². The van der Waals surface area contributed by atoms with Crippen LogP contribution >= 0.6 is 15.9 Å². The van der Waals surface area contributed by atoms with E-state index in [1.54, 1.807) is 6.26 Å². The molecule has 2 unspecified atom stereocenters. The summed E-state index contributed by atoms with van der Waals surface area (Å²) in [6.45, 7) is 4.20. The second-order valence-electron chi connectivity index (χ2n) is 4.85. The van der Waals surface area contributed by atoms with Gasteiger partial charge in [-0.2, -0.15) is 0 Å². The number of furan rings is 1. The van der Waals surface area contributed by atoms with Crippen molar-refractivity contribution in [2.24, 2.45) is 0 Å². The van der Waals surface area contributed by atoms with E-state index in [-0.39, 0.29) is 18.7 Å². The second-order valence-corrected chi connectivity index (χ2v) is 5.71. The molecule has 0 aliphatic rings. The molecule has 3 nitrogen and oxygen atoms in total. The molecule has 0 aliphatic heterocycles. The maximum Gasteiger partial charge on any atom is 0.134 e. The Morgan fingerprint density at radius 1 is 1.25 bits per heavy atom. The Labute approximate surface area is 128 Å². The minimum Gasteiger partial charge on any atom is -0.466 e. The number of benzene rings is 1. The first-order chi connectivity index (χ1) is 9.65. The van der Waals surface area contributed by atoms with Crippen LogP contribution in [0.25, 0.3) is 0 Å². The van der Waals surface area contributed by atoms with Gasteiger partial charge in [0.05, 0.1) is 29.4 Å². The third-order valence-electron chi connectivity index (χ3n) is 3.46. The number of rotatable bonds is 6. The summed E-state index contributed by atoms with van der Waals surface area (Å²) < 4.78 is 6.39. The summed E-state index contributed by atoms with van der Waals surface area (Å²) in [5.74, 6) is 0.841. The van der Waals surface area contributed by atoms with Crippen molar-refractivity contribution in [1.29, 1.82) is 0 Å². The van der Waals surface area contributed by atoms with Crippen molar-refractivity contribution in [3.8, 4) is 0 Å². The van der Waals surface area contributed by atoms with Gasteiger partial charge in [-0.05, 0) is 46.5 Å². The largest absolute Gasteiger partial charge is 0.466 e. The highest BCUT2D eigenvalue weighted by Gasteiger charge is 2.18. The molecular weight excluding hydrogens is 318 g/mol. The molecule has 0 amide bonds. The van der Waals surface area contributed by atoms with Gasteiger partial charge in [-0.15, -0.1) is 0 Å². The monoisotopic (exact) mass is 337 g/mol. The Balaban J connectivity index is 2.10. The SMILES string of the molecule is CCc1ccc(C(CO)NC(C)c2occc2Br)cc1. The Kier molecular flexibility index (Phi) is 5.40. The lowest BCUT2D eigenvalue weighted by atomic mass is 10.0. The van der Waals surface area contributed by atoms with E-state index in [9.17, 15) is 5.11 Å². The van der Waals surface area contributed by atoms with Crippen LogP contribution in [-0.2, 0) is 6.42 Å². The number of nitrogens with one attached hydrogen (secondary N) is 1. The molecule has 0 aliphatic carbocycles. The lowest BCUT2D eigenvalue weighted by molar-refractivity contribution is 0.230. The van der Waals surface area contributed by atoms with Crippen molar-refractivity contribution < 1.29 is 9.52 Å². The Morgan fingerprint density at radius 3 is 2.45 bits per heavy atom. The van der Waals surface area contributed by atoms with Gasteiger partial charge in [0.25, 0.3) is 0 Å². The quantitative estimate of drug-likeness (QED) is 0.837. The van der Waals surface area contributed by atoms with Crippen molar-refractivity contribution in [2.45, 2.75) is 32.4 Å². The molecule has 0 bridgehead atoms. The summed E-state index contributed by atoms with van der Waals surface area (Å²) in [7, 11) is 0. The van der Waals surface area contributed by atoms with Crippen LogP contribution in [0.5, 0.6) is 0 Å².